The van der Waals surface area contributed by atoms with Crippen LogP contribution < -0.4 is 5.32 Å². The van der Waals surface area contributed by atoms with Crippen LogP contribution >= 0.6 is 0 Å². The summed E-state index contributed by atoms with van der Waals surface area (Å²) in [7, 11) is 0. The number of carbonyl (C=O) groups is 3. The molecule has 118 valence electrons. The Morgan fingerprint density at radius 3 is 2.70 bits per heavy atom. The number of allylic oxidation sites excluding steroid dienone is 1. The zero-order valence-corrected chi connectivity index (χ0v) is 11.7. The summed E-state index contributed by atoms with van der Waals surface area (Å²) in [6.07, 6.45) is -1.59. The Balaban J connectivity index is 2.31. The van der Waals surface area contributed by atoms with E-state index in [1.807, 2.05) is 0 Å². The summed E-state index contributed by atoms with van der Waals surface area (Å²) in [6.45, 7) is 1.38. The fourth-order valence-corrected chi connectivity index (χ4v) is 2.56. The first-order chi connectivity index (χ1) is 10.9. The van der Waals surface area contributed by atoms with Gasteiger partial charge in [-0.1, -0.05) is 12.1 Å². The van der Waals surface area contributed by atoms with Gasteiger partial charge in [-0.05, 0) is 23.3 Å². The number of hydrogen-bond acceptors (Lipinski definition) is 6. The molecule has 1 aromatic carbocycles. The Labute approximate surface area is 127 Å². The molecule has 0 radical (unpaired) electrons. The molecule has 0 saturated heterocycles. The fourth-order valence-electron chi connectivity index (χ4n) is 2.56. The van der Waals surface area contributed by atoms with Crippen molar-refractivity contribution in [3.63, 3.8) is 0 Å². The van der Waals surface area contributed by atoms with E-state index in [9.17, 15) is 24.6 Å². The first-order valence-corrected chi connectivity index (χ1v) is 6.40. The molecule has 0 aliphatic carbocycles. The minimum Gasteiger partial charge on any atom is -0.478 e. The van der Waals surface area contributed by atoms with E-state index in [4.69, 9.17) is 0 Å². The molecule has 1 aromatic heterocycles. The number of nitrogens with zero attached hydrogens (tertiary/aromatic N) is 3. The molecule has 0 bridgehead atoms. The Morgan fingerprint density at radius 2 is 2.04 bits per heavy atom. The second kappa shape index (κ2) is 5.09. The lowest BCUT2D eigenvalue weighted by atomic mass is 9.93. The summed E-state index contributed by atoms with van der Waals surface area (Å²) in [5.74, 6) is -1.35. The maximum Gasteiger partial charge on any atom is 0.416 e. The molecule has 1 aliphatic heterocycles. The molecule has 1 aliphatic rings. The van der Waals surface area contributed by atoms with Crippen molar-refractivity contribution in [3.8, 4) is 0 Å². The molecule has 3 N–H and O–H groups in total. The number of carbonyl (C=O) groups excluding carboxylic acids is 1. The van der Waals surface area contributed by atoms with Crippen molar-refractivity contribution in [1.29, 1.82) is 0 Å². The van der Waals surface area contributed by atoms with Crippen LogP contribution in [0.3, 0.4) is 0 Å². The lowest BCUT2D eigenvalue weighted by molar-refractivity contribution is -0.133. The number of imide groups is 1. The molecule has 3 amide bonds. The van der Waals surface area contributed by atoms with Gasteiger partial charge in [-0.3, -0.25) is 0 Å². The minimum atomic E-state index is -1.59. The largest absolute Gasteiger partial charge is 0.478 e. The highest BCUT2D eigenvalue weighted by atomic mass is 16.6. The van der Waals surface area contributed by atoms with E-state index in [0.29, 0.717) is 10.4 Å². The van der Waals surface area contributed by atoms with Crippen LogP contribution in [0.15, 0.2) is 34.1 Å². The van der Waals surface area contributed by atoms with Crippen molar-refractivity contribution < 1.29 is 29.2 Å². The summed E-state index contributed by atoms with van der Waals surface area (Å²) < 4.78 is 4.61. The molecular weight excluding hydrogens is 308 g/mol. The second-order valence-electron chi connectivity index (χ2n) is 4.81. The minimum absolute atomic E-state index is 0.0541. The van der Waals surface area contributed by atoms with Gasteiger partial charge in [-0.2, -0.15) is 0 Å². The second-order valence-corrected chi connectivity index (χ2v) is 4.81. The number of benzene rings is 1. The van der Waals surface area contributed by atoms with Crippen LogP contribution in [-0.4, -0.2) is 43.5 Å². The molecule has 1 atom stereocenters. The van der Waals surface area contributed by atoms with Crippen molar-refractivity contribution in [2.45, 2.75) is 13.0 Å². The number of hydrogen-bond donors (Lipinski definition) is 3. The third-order valence-electron chi connectivity index (χ3n) is 3.50. The van der Waals surface area contributed by atoms with Gasteiger partial charge in [0.25, 0.3) is 0 Å². The molecule has 0 spiro atoms. The predicted octanol–water partition coefficient (Wildman–Crippen LogP) is 1.33. The van der Waals surface area contributed by atoms with Crippen molar-refractivity contribution in [3.05, 3.63) is 35.0 Å². The van der Waals surface area contributed by atoms with Crippen molar-refractivity contribution in [2.75, 3.05) is 0 Å². The first-order valence-electron chi connectivity index (χ1n) is 6.40. The van der Waals surface area contributed by atoms with E-state index < -0.39 is 24.1 Å². The summed E-state index contributed by atoms with van der Waals surface area (Å²) in [5.41, 5.74) is 0.477. The van der Waals surface area contributed by atoms with Gasteiger partial charge in [0.1, 0.15) is 17.1 Å². The van der Waals surface area contributed by atoms with Gasteiger partial charge in [0, 0.05) is 11.3 Å². The summed E-state index contributed by atoms with van der Waals surface area (Å²) in [6, 6.07) is 2.28. The Kier molecular flexibility index (Phi) is 3.21. The van der Waals surface area contributed by atoms with Crippen LogP contribution in [0.5, 0.6) is 0 Å². The number of rotatable bonds is 2. The maximum absolute atomic E-state index is 12.0. The molecule has 1 unspecified atom stereocenters. The zero-order valence-electron chi connectivity index (χ0n) is 11.7. The SMILES string of the molecule is CC1=C(C(=O)O)C(c2cccc3nonc23)N(C(=O)O)C(=O)N1. The monoisotopic (exact) mass is 318 g/mol. The van der Waals surface area contributed by atoms with Gasteiger partial charge >= 0.3 is 18.1 Å². The molecule has 10 heteroatoms. The van der Waals surface area contributed by atoms with Gasteiger partial charge in [0.15, 0.2) is 0 Å². The van der Waals surface area contributed by atoms with E-state index >= 15 is 0 Å². The standard InChI is InChI=1S/C13H10N4O6/c1-5-8(11(18)19)10(17(13(21)22)12(20)14-5)6-3-2-4-7-9(6)16-23-15-7/h2-4,10H,1H3,(H,14,20)(H,18,19)(H,21,22). The molecule has 2 heterocycles. The van der Waals surface area contributed by atoms with Crippen molar-refractivity contribution >= 4 is 29.1 Å². The summed E-state index contributed by atoms with van der Waals surface area (Å²) in [5, 5.41) is 28.3. The fraction of sp³-hybridized carbons (Fsp3) is 0.154. The van der Waals surface area contributed by atoms with Gasteiger partial charge in [0.2, 0.25) is 0 Å². The predicted molar refractivity (Wildman–Crippen MR) is 73.3 cm³/mol. The Bertz CT molecular complexity index is 870. The highest BCUT2D eigenvalue weighted by molar-refractivity contribution is 6.00. The van der Waals surface area contributed by atoms with E-state index in [-0.39, 0.29) is 22.4 Å². The van der Waals surface area contributed by atoms with Crippen LogP contribution in [0.2, 0.25) is 0 Å². The van der Waals surface area contributed by atoms with Crippen LogP contribution in [0, 0.1) is 0 Å². The number of nitrogens with one attached hydrogen (secondary N) is 1. The highest BCUT2D eigenvalue weighted by Gasteiger charge is 2.42. The van der Waals surface area contributed by atoms with Crippen LogP contribution in [0.25, 0.3) is 11.0 Å². The average Bonchev–Trinajstić information content (AvgIpc) is 2.93. The maximum atomic E-state index is 12.0. The molecule has 2 aromatic rings. The quantitative estimate of drug-likeness (QED) is 0.751. The van der Waals surface area contributed by atoms with Gasteiger partial charge in [-0.25, -0.2) is 23.9 Å². The Hall–Kier alpha value is -3.43. The molecular formula is C13H10N4O6. The topological polar surface area (TPSA) is 146 Å². The average molecular weight is 318 g/mol. The summed E-state index contributed by atoms with van der Waals surface area (Å²) >= 11 is 0. The first kappa shape index (κ1) is 14.5. The van der Waals surface area contributed by atoms with Crippen LogP contribution in [0.1, 0.15) is 18.5 Å². The molecule has 0 fully saturated rings. The third-order valence-corrected chi connectivity index (χ3v) is 3.50. The highest BCUT2D eigenvalue weighted by Crippen LogP contribution is 2.36. The number of aromatic nitrogens is 2. The zero-order chi connectivity index (χ0) is 16.7. The number of urea groups is 1. The molecule has 3 rings (SSSR count). The van der Waals surface area contributed by atoms with E-state index in [1.54, 1.807) is 12.1 Å². The van der Waals surface area contributed by atoms with Crippen molar-refractivity contribution in [2.24, 2.45) is 0 Å². The smallest absolute Gasteiger partial charge is 0.416 e. The number of fused-ring (bicyclic) bond motifs is 1. The normalized spacial score (nSPS) is 18.2. The van der Waals surface area contributed by atoms with Crippen LogP contribution in [0.4, 0.5) is 9.59 Å². The summed E-state index contributed by atoms with van der Waals surface area (Å²) in [4.78, 5) is 35.5. The Morgan fingerprint density at radius 1 is 1.30 bits per heavy atom. The number of amides is 3. The molecule has 0 saturated carbocycles. The van der Waals surface area contributed by atoms with E-state index in [1.165, 1.54) is 13.0 Å². The molecule has 23 heavy (non-hydrogen) atoms. The van der Waals surface area contributed by atoms with E-state index in [0.717, 1.165) is 0 Å². The lowest BCUT2D eigenvalue weighted by Crippen LogP contribution is -2.50. The third kappa shape index (κ3) is 2.16. The van der Waals surface area contributed by atoms with E-state index in [2.05, 4.69) is 20.3 Å². The number of aliphatic carboxylic acids is 1. The number of carboxylic acids is 1. The van der Waals surface area contributed by atoms with Gasteiger partial charge in [-0.15, -0.1) is 0 Å². The van der Waals surface area contributed by atoms with Gasteiger partial charge < -0.3 is 15.5 Å². The van der Waals surface area contributed by atoms with Crippen molar-refractivity contribution in [1.82, 2.24) is 20.5 Å². The van der Waals surface area contributed by atoms with Crippen LogP contribution in [-0.2, 0) is 4.79 Å². The van der Waals surface area contributed by atoms with Gasteiger partial charge in [0.05, 0.1) is 5.57 Å². The number of carboxylic acid groups (broad SMARTS) is 2. The molecule has 10 nitrogen and oxygen atoms in total. The lowest BCUT2D eigenvalue weighted by Gasteiger charge is -2.33.